The summed E-state index contributed by atoms with van der Waals surface area (Å²) < 4.78 is 126. The molecule has 1 heterocycles. The smallest absolute Gasteiger partial charge is 0.359 e. The molecule has 0 radical (unpaired) electrons. The number of hydrogen-bond donors (Lipinski definition) is 1. The highest BCUT2D eigenvalue weighted by molar-refractivity contribution is 8.00. The summed E-state index contributed by atoms with van der Waals surface area (Å²) in [6.07, 6.45) is 7.39. The van der Waals surface area contributed by atoms with Crippen LogP contribution in [0.25, 0.3) is 11.6 Å². The molecule has 1 aromatic carbocycles. The molecule has 1 N–H and O–H groups in total. The van der Waals surface area contributed by atoms with Gasteiger partial charge in [-0.25, -0.2) is 16.8 Å². The van der Waals surface area contributed by atoms with E-state index in [4.69, 9.17) is 5.41 Å². The van der Waals surface area contributed by atoms with Gasteiger partial charge in [-0.15, -0.1) is 0 Å². The van der Waals surface area contributed by atoms with Crippen LogP contribution in [0.5, 0.6) is 0 Å². The van der Waals surface area contributed by atoms with Crippen molar-refractivity contribution >= 4 is 37.0 Å². The van der Waals surface area contributed by atoms with Crippen LogP contribution in [0.3, 0.4) is 0 Å². The second-order valence-electron chi connectivity index (χ2n) is 8.50. The SMILES string of the molecule is CCCN1C=CN(C)C1C.N=C1C2=Cc3ccccc3C2=CC(S(=O)(=O)C(F)(F)F)=C1S(=O)(=O)C(F)(F)F. The monoisotopic (exact) mass is 583 g/mol. The number of alkyl halides is 6. The number of rotatable bonds is 4. The first-order chi connectivity index (χ1) is 17.4. The zero-order chi connectivity index (χ0) is 28.8. The van der Waals surface area contributed by atoms with Gasteiger partial charge in [0.1, 0.15) is 4.91 Å². The third kappa shape index (κ3) is 5.00. The average molecular weight is 584 g/mol. The van der Waals surface area contributed by atoms with Crippen molar-refractivity contribution in [2.45, 2.75) is 37.5 Å². The topological polar surface area (TPSA) is 98.6 Å². The molecular weight excluding hydrogens is 560 g/mol. The van der Waals surface area contributed by atoms with E-state index in [2.05, 4.69) is 43.1 Å². The summed E-state index contributed by atoms with van der Waals surface area (Å²) in [5, 5.41) is 7.82. The van der Waals surface area contributed by atoms with Gasteiger partial charge >= 0.3 is 11.0 Å². The standard InChI is InChI=1S/C15H7F6NO4S2.C8H16N2/c16-14(17,18)27(23,24)11-6-9-8-4-2-1-3-7(8)5-10(9)12(22)13(11)28(25,26)15(19,20)21;1-4-5-10-7-6-9(3)8(10)2/h1-6,22H;6-8H,4-5H2,1-3H3. The summed E-state index contributed by atoms with van der Waals surface area (Å²) in [7, 11) is -11.0. The van der Waals surface area contributed by atoms with Crippen molar-refractivity contribution in [3.8, 4) is 0 Å². The largest absolute Gasteiger partial charge is 0.502 e. The van der Waals surface area contributed by atoms with Crippen LogP contribution in [0.1, 0.15) is 31.4 Å². The number of nitrogens with one attached hydrogen (secondary N) is 1. The predicted octanol–water partition coefficient (Wildman–Crippen LogP) is 5.04. The number of allylic oxidation sites excluding steroid dienone is 4. The molecule has 1 unspecified atom stereocenters. The Balaban J connectivity index is 0.000000336. The Morgan fingerprint density at radius 3 is 1.97 bits per heavy atom. The van der Waals surface area contributed by atoms with Gasteiger partial charge in [-0.1, -0.05) is 31.2 Å². The molecule has 1 aromatic rings. The quantitative estimate of drug-likeness (QED) is 0.499. The van der Waals surface area contributed by atoms with E-state index in [1.54, 1.807) is 0 Å². The lowest BCUT2D eigenvalue weighted by molar-refractivity contribution is -0.0437. The van der Waals surface area contributed by atoms with Gasteiger partial charge in [0, 0.05) is 31.6 Å². The summed E-state index contributed by atoms with van der Waals surface area (Å²) in [5.74, 6) is 0. The maximum atomic E-state index is 13.0. The zero-order valence-corrected chi connectivity index (χ0v) is 21.9. The van der Waals surface area contributed by atoms with Crippen molar-refractivity contribution in [1.82, 2.24) is 9.80 Å². The number of nitrogens with zero attached hydrogens (tertiary/aromatic N) is 2. The molecule has 4 rings (SSSR count). The van der Waals surface area contributed by atoms with Gasteiger partial charge in [0.05, 0.1) is 16.8 Å². The second kappa shape index (κ2) is 9.91. The molecule has 1 aliphatic heterocycles. The molecule has 2 aliphatic carbocycles. The lowest BCUT2D eigenvalue weighted by atomic mass is 9.95. The van der Waals surface area contributed by atoms with Crippen molar-refractivity contribution in [1.29, 1.82) is 5.41 Å². The number of sulfone groups is 2. The molecule has 0 bridgehead atoms. The van der Waals surface area contributed by atoms with Crippen LogP contribution in [0.15, 0.2) is 58.1 Å². The van der Waals surface area contributed by atoms with Gasteiger partial charge in [0.25, 0.3) is 19.7 Å². The molecule has 0 saturated carbocycles. The molecule has 0 fully saturated rings. The molecule has 0 saturated heterocycles. The zero-order valence-electron chi connectivity index (χ0n) is 20.2. The van der Waals surface area contributed by atoms with Crippen molar-refractivity contribution < 1.29 is 43.2 Å². The van der Waals surface area contributed by atoms with Crippen LogP contribution in [0.4, 0.5) is 26.3 Å². The Labute approximate surface area is 215 Å². The van der Waals surface area contributed by atoms with Crippen LogP contribution >= 0.6 is 0 Å². The number of fused-ring (bicyclic) bond motifs is 3. The van der Waals surface area contributed by atoms with Gasteiger partial charge in [0.2, 0.25) is 0 Å². The van der Waals surface area contributed by atoms with Gasteiger partial charge in [-0.2, -0.15) is 26.3 Å². The Kier molecular flexibility index (Phi) is 7.69. The third-order valence-corrected chi connectivity index (χ3v) is 9.26. The highest BCUT2D eigenvalue weighted by Gasteiger charge is 2.57. The highest BCUT2D eigenvalue weighted by Crippen LogP contribution is 2.47. The molecule has 1 atom stereocenters. The van der Waals surface area contributed by atoms with Gasteiger partial charge in [-0.3, -0.25) is 5.41 Å². The van der Waals surface area contributed by atoms with Crippen LogP contribution in [0, 0.1) is 5.41 Å². The van der Waals surface area contributed by atoms with Crippen molar-refractivity contribution in [3.63, 3.8) is 0 Å². The first-order valence-corrected chi connectivity index (χ1v) is 14.0. The fraction of sp³-hybridized carbons (Fsp3) is 0.348. The van der Waals surface area contributed by atoms with E-state index in [1.807, 2.05) is 0 Å². The summed E-state index contributed by atoms with van der Waals surface area (Å²) >= 11 is 0. The molecule has 208 valence electrons. The number of benzene rings is 1. The highest BCUT2D eigenvalue weighted by atomic mass is 32.2. The van der Waals surface area contributed by atoms with Crippen molar-refractivity contribution in [3.05, 3.63) is 69.3 Å². The maximum Gasteiger partial charge on any atom is 0.502 e. The van der Waals surface area contributed by atoms with E-state index in [9.17, 15) is 43.2 Å². The minimum atomic E-state index is -6.58. The fourth-order valence-electron chi connectivity index (χ4n) is 3.95. The van der Waals surface area contributed by atoms with Crippen molar-refractivity contribution in [2.75, 3.05) is 13.6 Å². The average Bonchev–Trinajstić information content (AvgIpc) is 3.33. The molecule has 0 spiro atoms. The minimum Gasteiger partial charge on any atom is -0.359 e. The van der Waals surface area contributed by atoms with Gasteiger partial charge < -0.3 is 9.80 Å². The lowest BCUT2D eigenvalue weighted by Gasteiger charge is -2.26. The Hall–Kier alpha value is -3.07. The Morgan fingerprint density at radius 2 is 1.47 bits per heavy atom. The van der Waals surface area contributed by atoms with Crippen LogP contribution in [0.2, 0.25) is 0 Å². The normalized spacial score (nSPS) is 19.6. The molecule has 0 amide bonds. The predicted molar refractivity (Wildman–Crippen MR) is 130 cm³/mol. The molecule has 15 heteroatoms. The van der Waals surface area contributed by atoms with Crippen molar-refractivity contribution in [2.24, 2.45) is 0 Å². The second-order valence-corrected chi connectivity index (χ2v) is 12.3. The minimum absolute atomic E-state index is 0.153. The molecule has 7 nitrogen and oxygen atoms in total. The van der Waals surface area contributed by atoms with Crippen LogP contribution in [-0.4, -0.2) is 63.1 Å². The summed E-state index contributed by atoms with van der Waals surface area (Å²) in [6.45, 7) is 5.59. The van der Waals surface area contributed by atoms with E-state index >= 15 is 0 Å². The van der Waals surface area contributed by atoms with E-state index in [0.29, 0.717) is 6.17 Å². The summed E-state index contributed by atoms with van der Waals surface area (Å²) in [6, 6.07) is 5.69. The summed E-state index contributed by atoms with van der Waals surface area (Å²) in [5.41, 5.74) is -13.9. The maximum absolute atomic E-state index is 13.0. The van der Waals surface area contributed by atoms with E-state index in [1.165, 1.54) is 37.2 Å². The molecule has 38 heavy (non-hydrogen) atoms. The van der Waals surface area contributed by atoms with Crippen LogP contribution in [-0.2, 0) is 19.7 Å². The van der Waals surface area contributed by atoms with E-state index < -0.39 is 51.8 Å². The first kappa shape index (κ1) is 29.5. The van der Waals surface area contributed by atoms with Crippen LogP contribution < -0.4 is 0 Å². The molecule has 0 aromatic heterocycles. The number of hydrogen-bond acceptors (Lipinski definition) is 7. The molecule has 3 aliphatic rings. The Morgan fingerprint density at radius 1 is 0.895 bits per heavy atom. The molecular formula is C23H23F6N3O4S2. The van der Waals surface area contributed by atoms with E-state index in [0.717, 1.165) is 6.08 Å². The Bertz CT molecular complexity index is 1490. The fourth-order valence-corrected chi connectivity index (χ4v) is 6.41. The van der Waals surface area contributed by atoms with Gasteiger partial charge in [0.15, 0.2) is 0 Å². The summed E-state index contributed by atoms with van der Waals surface area (Å²) in [4.78, 5) is 0.182. The van der Waals surface area contributed by atoms with Gasteiger partial charge in [-0.05, 0) is 42.2 Å². The lowest BCUT2D eigenvalue weighted by Crippen LogP contribution is -2.35. The number of halogens is 6. The first-order valence-electron chi connectivity index (χ1n) is 11.0. The third-order valence-electron chi connectivity index (χ3n) is 6.05. The van der Waals surface area contributed by atoms with E-state index in [-0.39, 0.29) is 22.8 Å².